The average Bonchev–Trinajstić information content (AvgIpc) is 1.52. The summed E-state index contributed by atoms with van der Waals surface area (Å²) in [6.07, 6.45) is -3.82. The number of esters is 2. The summed E-state index contributed by atoms with van der Waals surface area (Å²) in [7, 11) is 1.17. The van der Waals surface area contributed by atoms with Gasteiger partial charge in [0.1, 0.15) is 35.9 Å². The number of quaternary nitrogens is 1. The molecule has 1 saturated carbocycles. The summed E-state index contributed by atoms with van der Waals surface area (Å²) in [5, 5.41) is 71.9. The molecule has 532 valence electrons. The Labute approximate surface area is 555 Å². The molecule has 1 amide bonds. The van der Waals surface area contributed by atoms with E-state index in [1.807, 2.05) is 39.8 Å². The zero-order valence-electron chi connectivity index (χ0n) is 57.1. The number of hydrogen-bond acceptors (Lipinski definition) is 24. The third kappa shape index (κ3) is 14.6. The summed E-state index contributed by atoms with van der Waals surface area (Å²) in [4.78, 5) is 68.9. The van der Waals surface area contributed by atoms with E-state index in [1.54, 1.807) is 47.6 Å². The van der Waals surface area contributed by atoms with Gasteiger partial charge in [-0.3, -0.25) is 14.4 Å². The average molecular weight is 1340 g/mol. The molecule has 30 atom stereocenters. The maximum Gasteiger partial charge on any atom is 0.407 e. The number of amides is 1. The summed E-state index contributed by atoms with van der Waals surface area (Å²) in [6, 6.07) is -1.03. The lowest BCUT2D eigenvalue weighted by molar-refractivity contribution is -1.09. The quantitative estimate of drug-likeness (QED) is 0.0266. The molecule has 0 aromatic rings. The number of methoxy groups -OCH3 is 1. The van der Waals surface area contributed by atoms with Gasteiger partial charge in [0.15, 0.2) is 48.7 Å². The van der Waals surface area contributed by atoms with Gasteiger partial charge >= 0.3 is 18.0 Å². The monoisotopic (exact) mass is 1340 g/mol. The van der Waals surface area contributed by atoms with E-state index < -0.39 is 216 Å². The van der Waals surface area contributed by atoms with E-state index in [0.717, 1.165) is 5.57 Å². The van der Waals surface area contributed by atoms with Crippen molar-refractivity contribution in [3.8, 4) is 0 Å². The van der Waals surface area contributed by atoms with Crippen LogP contribution >= 0.6 is 0 Å². The predicted octanol–water partition coefficient (Wildman–Crippen LogP) is 5.49. The van der Waals surface area contributed by atoms with Crippen LogP contribution in [0.2, 0.25) is 0 Å². The number of carbonyl (C=O) groups is 5. The van der Waals surface area contributed by atoms with Gasteiger partial charge in [-0.15, -0.1) is 0 Å². The highest BCUT2D eigenvalue weighted by Gasteiger charge is 2.65. The number of hydrogen-bond donors (Lipinski definition) is 7. The normalized spacial score (nSPS) is 47.9. The van der Waals surface area contributed by atoms with Crippen LogP contribution in [-0.4, -0.2) is 197 Å². The van der Waals surface area contributed by atoms with Gasteiger partial charge in [0.05, 0.1) is 92.5 Å². The van der Waals surface area contributed by atoms with E-state index >= 15 is 4.79 Å². The second-order valence-corrected chi connectivity index (χ2v) is 29.3. The van der Waals surface area contributed by atoms with Crippen molar-refractivity contribution in [1.29, 1.82) is 0 Å². The molecule has 2 bridgehead atoms. The third-order valence-electron chi connectivity index (χ3n) is 22.2. The topological polar surface area (TPSA) is 346 Å². The Kier molecular flexibility index (Phi) is 22.6. The maximum atomic E-state index is 15.6. The highest BCUT2D eigenvalue weighted by atomic mass is 16.8. The van der Waals surface area contributed by atoms with Gasteiger partial charge in [-0.2, -0.15) is 0 Å². The fraction of sp³-hybridized carbons (Fsp3) is 0.783. The number of fused-ring (bicyclic) bond motifs is 4. The number of ether oxygens (including phenoxy) is 13. The van der Waals surface area contributed by atoms with Gasteiger partial charge < -0.3 is 92.5 Å². The molecule has 7 N–H and O–H groups in total. The predicted molar refractivity (Wildman–Crippen MR) is 333 cm³/mol. The highest BCUT2D eigenvalue weighted by Crippen LogP contribution is 2.61. The number of aliphatic hydroxyl groups excluding tert-OH is 4. The standard InChI is InChI=1S/C69H102N2O24/c1-31(2)64(78)94-60-39(10)87-54(27-50(60)91-51-22-20-49(37(8)85-51)90-53-26-47(75)59(38(9)86-53)92-52-21-18-45(73)36(7)84-52)93-58-35(6)23-34(5)57-42(58)16-17-43-32(3)15-19-48(89-55-29-67(12,71(81)82)61(40(11)88-55)70-66(80)83-14)33(4)24-44-46(74)25-41(30-72)28-69(44)63(77)56(65(79)95-69)62(76)68(43,57)13/h15-17,24-25,30-31,34-40,42-55,57-61,71,73-76,81H,18-23,26-29H2,1-14H3,(H,70,80)/b32-15-,33-24-,62-56-/t34-,35-,36-,37-,38-,39-,40+,42-,43-,44+,45+,46-,47+,48-,49+,50+,51-,52-,53+,54+,55-,57+,58-,59-,60-,61-,67-,68+,69-/m0/s1. The third-order valence-corrected chi connectivity index (χ3v) is 22.2. The van der Waals surface area contributed by atoms with Crippen LogP contribution in [0.15, 0.2) is 58.4 Å². The van der Waals surface area contributed by atoms with Gasteiger partial charge in [0, 0.05) is 49.4 Å². The summed E-state index contributed by atoms with van der Waals surface area (Å²) in [6.45, 7) is 23.5. The van der Waals surface area contributed by atoms with E-state index in [9.17, 15) is 50.0 Å². The minimum atomic E-state index is -2.19. The first kappa shape index (κ1) is 73.1. The van der Waals surface area contributed by atoms with Gasteiger partial charge in [-0.05, 0) is 116 Å². The lowest BCUT2D eigenvalue weighted by atomic mass is 9.49. The number of carbonyl (C=O) groups excluding carboxylic acids is 5. The molecule has 6 aliphatic heterocycles. The van der Waals surface area contributed by atoms with Crippen molar-refractivity contribution in [2.75, 3.05) is 7.11 Å². The highest BCUT2D eigenvalue weighted by molar-refractivity contribution is 6.26. The second kappa shape index (κ2) is 29.3. The Hall–Kier alpha value is -4.59. The van der Waals surface area contributed by atoms with E-state index in [2.05, 4.69) is 25.2 Å². The lowest BCUT2D eigenvalue weighted by Gasteiger charge is -2.56. The lowest BCUT2D eigenvalue weighted by Crippen LogP contribution is -3.17. The molecule has 0 radical (unpaired) electrons. The van der Waals surface area contributed by atoms with E-state index in [0.29, 0.717) is 44.0 Å². The zero-order chi connectivity index (χ0) is 69.1. The molecule has 95 heavy (non-hydrogen) atoms. The molecule has 26 heteroatoms. The largest absolute Gasteiger partial charge is 0.600 e. The van der Waals surface area contributed by atoms with E-state index in [-0.39, 0.29) is 43.1 Å². The van der Waals surface area contributed by atoms with Crippen LogP contribution in [0.3, 0.4) is 0 Å². The number of ketones is 1. The van der Waals surface area contributed by atoms with Gasteiger partial charge in [-0.25, -0.2) is 20.0 Å². The van der Waals surface area contributed by atoms with Crippen molar-refractivity contribution < 1.29 is 116 Å². The van der Waals surface area contributed by atoms with Crippen molar-refractivity contribution >= 4 is 30.1 Å². The first-order chi connectivity index (χ1) is 44.8. The number of alkyl carbamates (subject to hydrolysis) is 1. The Balaban J connectivity index is 0.913. The molecule has 26 nitrogen and oxygen atoms in total. The first-order valence-electron chi connectivity index (χ1n) is 34.1. The molecular weight excluding hydrogens is 1240 g/mol. The van der Waals surface area contributed by atoms with Crippen LogP contribution in [0.1, 0.15) is 154 Å². The molecule has 0 aromatic carbocycles. The molecule has 1 unspecified atom stereocenters. The van der Waals surface area contributed by atoms with Crippen LogP contribution in [0.4, 0.5) is 4.79 Å². The van der Waals surface area contributed by atoms with Crippen molar-refractivity contribution in [2.45, 2.75) is 288 Å². The van der Waals surface area contributed by atoms with Crippen LogP contribution in [0, 0.1) is 52.0 Å². The number of aldehydes is 1. The van der Waals surface area contributed by atoms with Crippen LogP contribution in [0.5, 0.6) is 0 Å². The van der Waals surface area contributed by atoms with Crippen molar-refractivity contribution in [3.63, 3.8) is 0 Å². The van der Waals surface area contributed by atoms with Gasteiger partial charge in [0.2, 0.25) is 5.78 Å². The Bertz CT molecular complexity index is 2960. The number of aliphatic hydroxyl groups is 4. The zero-order valence-corrected chi connectivity index (χ0v) is 57.1. The molecule has 10 rings (SSSR count). The van der Waals surface area contributed by atoms with Crippen molar-refractivity contribution in [3.05, 3.63) is 63.6 Å². The van der Waals surface area contributed by atoms with Crippen LogP contribution < -0.4 is 10.5 Å². The fourth-order valence-corrected chi connectivity index (χ4v) is 17.0. The molecule has 4 aliphatic carbocycles. The molecular formula is C69H102N2O24. The number of hydroxylamine groups is 2. The number of Topliss-reactive ketones (excluding diaryl/α,β-unsaturated/α-hetero) is 1. The molecule has 6 saturated heterocycles. The molecule has 10 aliphatic rings. The van der Waals surface area contributed by atoms with Crippen molar-refractivity contribution in [2.24, 2.45) is 46.8 Å². The minimum Gasteiger partial charge on any atom is -0.600 e. The summed E-state index contributed by atoms with van der Waals surface area (Å²) >= 11 is 0. The summed E-state index contributed by atoms with van der Waals surface area (Å²) < 4.78 is 82.3. The number of rotatable bonds is 15. The van der Waals surface area contributed by atoms with Gasteiger partial charge in [-0.1, -0.05) is 64.5 Å². The smallest absolute Gasteiger partial charge is 0.407 e. The SMILES string of the molecule is COC(=O)N[C@H]1[C@@H](C)O[C@@H](O[C@H]2C/C=C(/C)[C@@H]3C=C[C@@H]4[C@@H](O[C@@H]5C[C@@H](O[C@H]6CC[C@@H](O[C@@H]7C[C@@H](O)[C@@H](O[C@H]8CC[C@@H](O)[C@H](C)O8)[C@H](C)O7)[C@H](C)O6)[C@@H](OC(=O)C(C)C)[C@H](C)O5)[C@@H](C)C[C@H](C)[C@H]4[C@]3(C)/C(O)=C3/C(=O)O[C@]4(CC(C=O)=C[C@H](O)[C@H]4/C=C\2C)C3=O)C[C@]1(C)[NH+]([O-])O. The fourth-order valence-electron chi connectivity index (χ4n) is 17.0. The molecule has 6 heterocycles. The minimum absolute atomic E-state index is 0.00649. The Morgan fingerprint density at radius 2 is 1.36 bits per heavy atom. The van der Waals surface area contributed by atoms with E-state index in [1.165, 1.54) is 20.1 Å². The molecule has 0 aromatic heterocycles. The van der Waals surface area contributed by atoms with Gasteiger partial charge in [0.25, 0.3) is 0 Å². The van der Waals surface area contributed by atoms with Crippen molar-refractivity contribution in [1.82, 2.24) is 5.32 Å². The summed E-state index contributed by atoms with van der Waals surface area (Å²) in [5.41, 5.74) is -4.65. The first-order valence-corrected chi connectivity index (χ1v) is 34.1. The summed E-state index contributed by atoms with van der Waals surface area (Å²) in [5.74, 6) is -6.77. The second-order valence-electron chi connectivity index (χ2n) is 29.3. The number of nitrogens with one attached hydrogen (secondary N) is 2. The number of allylic oxidation sites excluding steroid dienone is 3. The van der Waals surface area contributed by atoms with Crippen LogP contribution in [0.25, 0.3) is 0 Å². The molecule has 7 fully saturated rings. The molecule has 1 spiro atoms. The van der Waals surface area contributed by atoms with Crippen LogP contribution in [-0.2, 0) is 80.8 Å². The Morgan fingerprint density at radius 1 is 0.726 bits per heavy atom. The maximum absolute atomic E-state index is 15.6. The Morgan fingerprint density at radius 3 is 2.01 bits per heavy atom. The van der Waals surface area contributed by atoms with E-state index in [4.69, 9.17) is 61.6 Å².